The maximum absolute atomic E-state index is 12.1. The minimum Gasteiger partial charge on any atom is -0.354 e. The highest BCUT2D eigenvalue weighted by Crippen LogP contribution is 2.25. The van der Waals surface area contributed by atoms with E-state index in [1.54, 1.807) is 0 Å². The molecule has 0 bridgehead atoms. The summed E-state index contributed by atoms with van der Waals surface area (Å²) in [5.74, 6) is -0.0909. The van der Waals surface area contributed by atoms with Crippen LogP contribution in [-0.2, 0) is 4.79 Å². The van der Waals surface area contributed by atoms with Gasteiger partial charge in [0, 0.05) is 30.6 Å². The number of nitrogens with zero attached hydrogens (tertiary/aromatic N) is 1. The van der Waals surface area contributed by atoms with Crippen molar-refractivity contribution >= 4 is 23.5 Å². The lowest BCUT2D eigenvalue weighted by molar-refractivity contribution is -0.121. The number of amides is 3. The number of likely N-dealkylation sites (N-methyl/N-ethyl adjacent to an activating group) is 1. The minimum absolute atomic E-state index is 0.00907. The van der Waals surface area contributed by atoms with E-state index in [-0.39, 0.29) is 30.4 Å². The van der Waals surface area contributed by atoms with E-state index in [9.17, 15) is 9.59 Å². The molecule has 1 saturated carbocycles. The van der Waals surface area contributed by atoms with Crippen LogP contribution in [0.4, 0.5) is 4.79 Å². The van der Waals surface area contributed by atoms with E-state index in [1.165, 1.54) is 19.3 Å². The molecule has 1 aromatic carbocycles. The zero-order chi connectivity index (χ0) is 19.6. The smallest absolute Gasteiger partial charge is 0.315 e. The lowest BCUT2D eigenvalue weighted by Gasteiger charge is -2.26. The van der Waals surface area contributed by atoms with Gasteiger partial charge >= 0.3 is 6.03 Å². The van der Waals surface area contributed by atoms with Gasteiger partial charge in [0.2, 0.25) is 5.91 Å². The van der Waals surface area contributed by atoms with E-state index in [1.807, 2.05) is 43.3 Å². The quantitative estimate of drug-likeness (QED) is 0.634. The van der Waals surface area contributed by atoms with Crippen molar-refractivity contribution in [2.45, 2.75) is 50.6 Å². The maximum Gasteiger partial charge on any atom is 0.315 e. The number of halogens is 1. The number of nitrogens with one attached hydrogen (secondary N) is 3. The predicted molar refractivity (Wildman–Crippen MR) is 109 cm³/mol. The summed E-state index contributed by atoms with van der Waals surface area (Å²) in [6, 6.07) is 7.72. The molecular weight excluding hydrogens is 364 g/mol. The summed E-state index contributed by atoms with van der Waals surface area (Å²) in [5.41, 5.74) is 0.981. The zero-order valence-corrected chi connectivity index (χ0v) is 17.0. The van der Waals surface area contributed by atoms with Crippen LogP contribution in [0.3, 0.4) is 0 Å². The Balaban J connectivity index is 1.70. The summed E-state index contributed by atoms with van der Waals surface area (Å²) in [6.45, 7) is 0.785. The van der Waals surface area contributed by atoms with Crippen LogP contribution < -0.4 is 16.0 Å². The molecule has 150 valence electrons. The van der Waals surface area contributed by atoms with E-state index in [0.717, 1.165) is 18.4 Å². The van der Waals surface area contributed by atoms with Crippen molar-refractivity contribution in [2.75, 3.05) is 27.2 Å². The van der Waals surface area contributed by atoms with Crippen molar-refractivity contribution in [3.8, 4) is 0 Å². The molecule has 1 aliphatic rings. The third-order valence-corrected chi connectivity index (χ3v) is 5.30. The van der Waals surface area contributed by atoms with Gasteiger partial charge in [-0.2, -0.15) is 0 Å². The number of carbonyl (C=O) groups excluding carboxylic acids is 2. The first-order valence-corrected chi connectivity index (χ1v) is 10.1. The molecule has 2 rings (SSSR count). The van der Waals surface area contributed by atoms with Gasteiger partial charge in [0.05, 0.1) is 6.04 Å². The largest absolute Gasteiger partial charge is 0.354 e. The fourth-order valence-electron chi connectivity index (χ4n) is 3.39. The lowest BCUT2D eigenvalue weighted by Crippen LogP contribution is -2.44. The Labute approximate surface area is 167 Å². The van der Waals surface area contributed by atoms with E-state index in [4.69, 9.17) is 11.6 Å². The first-order valence-electron chi connectivity index (χ1n) is 9.69. The Morgan fingerprint density at radius 2 is 1.85 bits per heavy atom. The molecule has 3 amide bonds. The number of hydrogen-bond acceptors (Lipinski definition) is 3. The Bertz CT molecular complexity index is 618. The van der Waals surface area contributed by atoms with E-state index in [0.29, 0.717) is 18.1 Å². The van der Waals surface area contributed by atoms with Gasteiger partial charge in [0.1, 0.15) is 0 Å². The van der Waals surface area contributed by atoms with Crippen LogP contribution in [0.1, 0.15) is 50.1 Å². The van der Waals surface area contributed by atoms with Gasteiger partial charge in [-0.3, -0.25) is 4.79 Å². The molecule has 0 saturated heterocycles. The van der Waals surface area contributed by atoms with Crippen molar-refractivity contribution in [1.82, 2.24) is 20.9 Å². The normalized spacial score (nSPS) is 16.0. The van der Waals surface area contributed by atoms with Crippen LogP contribution in [-0.4, -0.2) is 50.1 Å². The second-order valence-electron chi connectivity index (χ2n) is 7.29. The average molecular weight is 395 g/mol. The van der Waals surface area contributed by atoms with E-state index < -0.39 is 0 Å². The Morgan fingerprint density at radius 3 is 2.52 bits per heavy atom. The molecule has 1 aromatic rings. The zero-order valence-electron chi connectivity index (χ0n) is 16.3. The topological polar surface area (TPSA) is 73.5 Å². The van der Waals surface area contributed by atoms with Crippen molar-refractivity contribution in [3.63, 3.8) is 0 Å². The van der Waals surface area contributed by atoms with Gasteiger partial charge < -0.3 is 20.9 Å². The molecule has 7 heteroatoms. The first kappa shape index (κ1) is 21.5. The summed E-state index contributed by atoms with van der Waals surface area (Å²) in [6.07, 6.45) is 5.93. The molecule has 0 heterocycles. The standard InChI is InChI=1S/C20H31ClN4O2/c1-25(2)18(16-10-6-7-11-17(16)21)14-23-19(26)12-13-22-20(27)24-15-8-4-3-5-9-15/h6-7,10-11,15,18H,3-5,8-9,12-14H2,1-2H3,(H,23,26)(H2,22,24,27). The number of hydrogen-bond donors (Lipinski definition) is 3. The highest BCUT2D eigenvalue weighted by atomic mass is 35.5. The number of carbonyl (C=O) groups is 2. The van der Waals surface area contributed by atoms with Crippen LogP contribution in [0.25, 0.3) is 0 Å². The summed E-state index contributed by atoms with van der Waals surface area (Å²) >= 11 is 6.28. The van der Waals surface area contributed by atoms with Crippen molar-refractivity contribution in [3.05, 3.63) is 34.9 Å². The second kappa shape index (κ2) is 11.1. The summed E-state index contributed by atoms with van der Waals surface area (Å²) in [5, 5.41) is 9.37. The minimum atomic E-state index is -0.183. The van der Waals surface area contributed by atoms with Crippen LogP contribution in [0.15, 0.2) is 24.3 Å². The Morgan fingerprint density at radius 1 is 1.15 bits per heavy atom. The molecule has 27 heavy (non-hydrogen) atoms. The molecule has 1 aliphatic carbocycles. The van der Waals surface area contributed by atoms with Crippen LogP contribution >= 0.6 is 11.6 Å². The molecule has 1 fully saturated rings. The third-order valence-electron chi connectivity index (χ3n) is 4.96. The summed E-state index contributed by atoms with van der Waals surface area (Å²) in [7, 11) is 3.91. The van der Waals surface area contributed by atoms with Crippen LogP contribution in [0.5, 0.6) is 0 Å². The van der Waals surface area contributed by atoms with Gasteiger partial charge in [-0.05, 0) is 38.6 Å². The monoisotopic (exact) mass is 394 g/mol. The fraction of sp³-hybridized carbons (Fsp3) is 0.600. The molecule has 0 spiro atoms. The molecule has 1 atom stereocenters. The number of urea groups is 1. The molecule has 3 N–H and O–H groups in total. The number of benzene rings is 1. The molecule has 1 unspecified atom stereocenters. The predicted octanol–water partition coefficient (Wildman–Crippen LogP) is 3.08. The first-order chi connectivity index (χ1) is 13.0. The van der Waals surface area contributed by atoms with Crippen molar-refractivity contribution in [2.24, 2.45) is 0 Å². The van der Waals surface area contributed by atoms with Gasteiger partial charge in [0.25, 0.3) is 0 Å². The molecule has 6 nitrogen and oxygen atoms in total. The Kier molecular flexibility index (Phi) is 8.88. The second-order valence-corrected chi connectivity index (χ2v) is 7.70. The van der Waals surface area contributed by atoms with Crippen molar-refractivity contribution in [1.29, 1.82) is 0 Å². The SMILES string of the molecule is CN(C)C(CNC(=O)CCNC(=O)NC1CCCCC1)c1ccccc1Cl. The van der Waals surface area contributed by atoms with E-state index in [2.05, 4.69) is 16.0 Å². The Hall–Kier alpha value is -1.79. The van der Waals surface area contributed by atoms with Crippen LogP contribution in [0.2, 0.25) is 5.02 Å². The molecule has 0 radical (unpaired) electrons. The maximum atomic E-state index is 12.1. The highest BCUT2D eigenvalue weighted by Gasteiger charge is 2.18. The van der Waals surface area contributed by atoms with E-state index >= 15 is 0 Å². The van der Waals surface area contributed by atoms with Gasteiger partial charge in [0.15, 0.2) is 0 Å². The summed E-state index contributed by atoms with van der Waals surface area (Å²) in [4.78, 5) is 26.0. The summed E-state index contributed by atoms with van der Waals surface area (Å²) < 4.78 is 0. The van der Waals surface area contributed by atoms with Gasteiger partial charge in [-0.1, -0.05) is 49.1 Å². The lowest BCUT2D eigenvalue weighted by atomic mass is 9.96. The molecule has 0 aliphatic heterocycles. The molecular formula is C20H31ClN4O2. The molecule has 0 aromatic heterocycles. The highest BCUT2D eigenvalue weighted by molar-refractivity contribution is 6.31. The van der Waals surface area contributed by atoms with Crippen molar-refractivity contribution < 1.29 is 9.59 Å². The third kappa shape index (κ3) is 7.39. The van der Waals surface area contributed by atoms with Gasteiger partial charge in [-0.25, -0.2) is 4.79 Å². The fourth-order valence-corrected chi connectivity index (χ4v) is 3.65. The average Bonchev–Trinajstić information content (AvgIpc) is 2.64. The van der Waals surface area contributed by atoms with Crippen LogP contribution in [0, 0.1) is 0 Å². The number of rotatable bonds is 8. The van der Waals surface area contributed by atoms with Gasteiger partial charge in [-0.15, -0.1) is 0 Å².